The predicted octanol–water partition coefficient (Wildman–Crippen LogP) is 2.22. The van der Waals surface area contributed by atoms with Crippen LogP contribution in [-0.4, -0.2) is 34.7 Å². The highest BCUT2D eigenvalue weighted by atomic mass is 16.4. The summed E-state index contributed by atoms with van der Waals surface area (Å²) in [5.41, 5.74) is 0.926. The van der Waals surface area contributed by atoms with Crippen molar-refractivity contribution in [2.75, 3.05) is 6.54 Å². The number of aromatic carboxylic acids is 1. The third-order valence-electron chi connectivity index (χ3n) is 3.16. The lowest BCUT2D eigenvalue weighted by atomic mass is 9.87. The number of nitrogens with one attached hydrogen (secondary N) is 1. The number of hydrogen-bond acceptors (Lipinski definition) is 3. The summed E-state index contributed by atoms with van der Waals surface area (Å²) in [6.45, 7) is 7.79. The Morgan fingerprint density at radius 3 is 2.33 bits per heavy atom. The fraction of sp³-hybridized carbons (Fsp3) is 0.500. The number of carbonyl (C=O) groups is 2. The van der Waals surface area contributed by atoms with Crippen LogP contribution in [0.4, 0.5) is 0 Å². The molecule has 1 aromatic carbocycles. The summed E-state index contributed by atoms with van der Waals surface area (Å²) >= 11 is 0. The van der Waals surface area contributed by atoms with Crippen molar-refractivity contribution < 1.29 is 19.8 Å². The van der Waals surface area contributed by atoms with Crippen molar-refractivity contribution in [3.63, 3.8) is 0 Å². The monoisotopic (exact) mass is 293 g/mol. The Morgan fingerprint density at radius 2 is 1.81 bits per heavy atom. The molecule has 5 heteroatoms. The first kappa shape index (κ1) is 17.2. The third kappa shape index (κ3) is 5.55. The van der Waals surface area contributed by atoms with Crippen LogP contribution in [0.5, 0.6) is 0 Å². The quantitative estimate of drug-likeness (QED) is 0.750. The van der Waals surface area contributed by atoms with Gasteiger partial charge in [0.1, 0.15) is 0 Å². The van der Waals surface area contributed by atoms with Crippen molar-refractivity contribution in [2.45, 2.75) is 40.2 Å². The van der Waals surface area contributed by atoms with E-state index in [1.807, 2.05) is 13.8 Å². The lowest BCUT2D eigenvalue weighted by molar-refractivity contribution is 0.0696. The van der Waals surface area contributed by atoms with Crippen LogP contribution < -0.4 is 5.32 Å². The lowest BCUT2D eigenvalue weighted by Crippen LogP contribution is -2.35. The molecule has 1 rings (SSSR count). The molecule has 0 radical (unpaired) electrons. The van der Waals surface area contributed by atoms with E-state index in [1.54, 1.807) is 19.9 Å². The van der Waals surface area contributed by atoms with Gasteiger partial charge in [0.15, 0.2) is 0 Å². The highest BCUT2D eigenvalue weighted by Crippen LogP contribution is 2.21. The molecule has 0 bridgehead atoms. The van der Waals surface area contributed by atoms with Gasteiger partial charge in [-0.15, -0.1) is 0 Å². The van der Waals surface area contributed by atoms with Gasteiger partial charge in [-0.25, -0.2) is 4.79 Å². The van der Waals surface area contributed by atoms with Gasteiger partial charge in [0.2, 0.25) is 0 Å². The van der Waals surface area contributed by atoms with Gasteiger partial charge in [0, 0.05) is 12.1 Å². The van der Waals surface area contributed by atoms with E-state index in [0.717, 1.165) is 5.56 Å². The minimum absolute atomic E-state index is 0.100. The van der Waals surface area contributed by atoms with Gasteiger partial charge < -0.3 is 15.5 Å². The average Bonchev–Trinajstić information content (AvgIpc) is 2.33. The van der Waals surface area contributed by atoms with Crippen LogP contribution in [0.3, 0.4) is 0 Å². The number of aliphatic hydroxyl groups is 1. The second-order valence-electron chi connectivity index (χ2n) is 6.29. The number of benzene rings is 1. The van der Waals surface area contributed by atoms with E-state index in [-0.39, 0.29) is 16.9 Å². The molecule has 1 aromatic rings. The fourth-order valence-corrected chi connectivity index (χ4v) is 2.33. The first-order valence-corrected chi connectivity index (χ1v) is 6.92. The SMILES string of the molecule is Cc1cc(C(=O)O)cc(C(=O)NCC(C)(C)CC(C)O)c1. The van der Waals surface area contributed by atoms with Gasteiger partial charge >= 0.3 is 5.97 Å². The Balaban J connectivity index is 2.79. The maximum Gasteiger partial charge on any atom is 0.335 e. The van der Waals surface area contributed by atoms with Crippen molar-refractivity contribution in [2.24, 2.45) is 5.41 Å². The molecule has 1 atom stereocenters. The molecule has 116 valence electrons. The van der Waals surface area contributed by atoms with Crippen molar-refractivity contribution in [3.05, 3.63) is 34.9 Å². The molecule has 0 spiro atoms. The Kier molecular flexibility index (Phi) is 5.49. The Labute approximate surface area is 125 Å². The largest absolute Gasteiger partial charge is 0.478 e. The molecule has 1 amide bonds. The maximum atomic E-state index is 12.1. The van der Waals surface area contributed by atoms with Crippen LogP contribution in [0.1, 0.15) is 53.5 Å². The molecular formula is C16H23NO4. The number of hydrogen-bond donors (Lipinski definition) is 3. The molecule has 5 nitrogen and oxygen atoms in total. The molecule has 0 saturated heterocycles. The highest BCUT2D eigenvalue weighted by Gasteiger charge is 2.21. The smallest absolute Gasteiger partial charge is 0.335 e. The molecule has 0 aliphatic rings. The standard InChI is InChI=1S/C16H23NO4/c1-10-5-12(7-13(6-10)15(20)21)14(19)17-9-16(3,4)8-11(2)18/h5-7,11,18H,8-9H2,1-4H3,(H,17,19)(H,20,21). The summed E-state index contributed by atoms with van der Waals surface area (Å²) in [4.78, 5) is 23.1. The average molecular weight is 293 g/mol. The van der Waals surface area contributed by atoms with E-state index >= 15 is 0 Å². The van der Waals surface area contributed by atoms with Crippen molar-refractivity contribution in [1.82, 2.24) is 5.32 Å². The summed E-state index contributed by atoms with van der Waals surface area (Å²) < 4.78 is 0. The zero-order valence-electron chi connectivity index (χ0n) is 12.9. The predicted molar refractivity (Wildman–Crippen MR) is 80.6 cm³/mol. The van der Waals surface area contributed by atoms with Gasteiger partial charge in [0.25, 0.3) is 5.91 Å². The summed E-state index contributed by atoms with van der Waals surface area (Å²) in [7, 11) is 0. The molecule has 3 N–H and O–H groups in total. The number of amides is 1. The van der Waals surface area contributed by atoms with Crippen molar-refractivity contribution in [1.29, 1.82) is 0 Å². The minimum atomic E-state index is -1.05. The van der Waals surface area contributed by atoms with E-state index in [2.05, 4.69) is 5.32 Å². The number of carboxylic acids is 1. The van der Waals surface area contributed by atoms with E-state index in [0.29, 0.717) is 18.5 Å². The molecule has 0 saturated carbocycles. The minimum Gasteiger partial charge on any atom is -0.478 e. The summed E-state index contributed by atoms with van der Waals surface area (Å²) in [5.74, 6) is -1.36. The van der Waals surface area contributed by atoms with Gasteiger partial charge in [-0.05, 0) is 49.4 Å². The van der Waals surface area contributed by atoms with Crippen molar-refractivity contribution in [3.8, 4) is 0 Å². The number of rotatable bonds is 6. The first-order chi connectivity index (χ1) is 9.60. The molecule has 0 aliphatic carbocycles. The van der Waals surface area contributed by atoms with Crippen molar-refractivity contribution >= 4 is 11.9 Å². The first-order valence-electron chi connectivity index (χ1n) is 6.92. The van der Waals surface area contributed by atoms with Crippen LogP contribution in [0, 0.1) is 12.3 Å². The van der Waals surface area contributed by atoms with E-state index in [1.165, 1.54) is 12.1 Å². The number of carboxylic acid groups (broad SMARTS) is 1. The molecule has 1 unspecified atom stereocenters. The lowest BCUT2D eigenvalue weighted by Gasteiger charge is -2.26. The van der Waals surface area contributed by atoms with Gasteiger partial charge in [-0.1, -0.05) is 13.8 Å². The highest BCUT2D eigenvalue weighted by molar-refractivity contribution is 5.97. The Hall–Kier alpha value is -1.88. The zero-order valence-corrected chi connectivity index (χ0v) is 12.9. The second-order valence-corrected chi connectivity index (χ2v) is 6.29. The van der Waals surface area contributed by atoms with Gasteiger partial charge in [-0.2, -0.15) is 0 Å². The molecule has 0 aromatic heterocycles. The van der Waals surface area contributed by atoms with Crippen LogP contribution in [0.2, 0.25) is 0 Å². The topological polar surface area (TPSA) is 86.6 Å². The number of aryl methyl sites for hydroxylation is 1. The van der Waals surface area contributed by atoms with Crippen LogP contribution in [0.15, 0.2) is 18.2 Å². The summed E-state index contributed by atoms with van der Waals surface area (Å²) in [5, 5.41) is 21.2. The summed E-state index contributed by atoms with van der Waals surface area (Å²) in [6, 6.07) is 4.55. The molecule has 0 aliphatic heterocycles. The molecular weight excluding hydrogens is 270 g/mol. The third-order valence-corrected chi connectivity index (χ3v) is 3.16. The maximum absolute atomic E-state index is 12.1. The molecule has 0 fully saturated rings. The van der Waals surface area contributed by atoms with Gasteiger partial charge in [0.05, 0.1) is 11.7 Å². The fourth-order valence-electron chi connectivity index (χ4n) is 2.33. The second kappa shape index (κ2) is 6.72. The zero-order chi connectivity index (χ0) is 16.2. The van der Waals surface area contributed by atoms with Crippen LogP contribution >= 0.6 is 0 Å². The summed E-state index contributed by atoms with van der Waals surface area (Å²) in [6.07, 6.45) is 0.135. The van der Waals surface area contributed by atoms with Gasteiger partial charge in [-0.3, -0.25) is 4.79 Å². The van der Waals surface area contributed by atoms with E-state index in [4.69, 9.17) is 5.11 Å². The Morgan fingerprint density at radius 1 is 1.24 bits per heavy atom. The Bertz CT molecular complexity index is 535. The molecule has 21 heavy (non-hydrogen) atoms. The van der Waals surface area contributed by atoms with E-state index < -0.39 is 12.1 Å². The molecule has 0 heterocycles. The normalized spacial score (nSPS) is 12.8. The van der Waals surface area contributed by atoms with E-state index in [9.17, 15) is 14.7 Å². The van der Waals surface area contributed by atoms with Crippen LogP contribution in [0.25, 0.3) is 0 Å². The van der Waals surface area contributed by atoms with Crippen LogP contribution in [-0.2, 0) is 0 Å². The number of carbonyl (C=O) groups excluding carboxylic acids is 1. The number of aliphatic hydroxyl groups excluding tert-OH is 1.